The van der Waals surface area contributed by atoms with E-state index < -0.39 is 6.10 Å². The summed E-state index contributed by atoms with van der Waals surface area (Å²) < 4.78 is 5.74. The zero-order valence-corrected chi connectivity index (χ0v) is 19.1. The molecule has 0 amide bonds. The van der Waals surface area contributed by atoms with Crippen molar-refractivity contribution in [3.63, 3.8) is 0 Å². The van der Waals surface area contributed by atoms with Crippen molar-refractivity contribution in [1.82, 2.24) is 0 Å². The van der Waals surface area contributed by atoms with Crippen molar-refractivity contribution in [2.24, 2.45) is 11.8 Å². The van der Waals surface area contributed by atoms with Gasteiger partial charge in [0.15, 0.2) is 6.10 Å². The van der Waals surface area contributed by atoms with Crippen LogP contribution in [0.1, 0.15) is 99.7 Å². The van der Waals surface area contributed by atoms with Crippen molar-refractivity contribution in [1.29, 1.82) is 0 Å². The van der Waals surface area contributed by atoms with Gasteiger partial charge in [0.05, 0.1) is 5.92 Å². The van der Waals surface area contributed by atoms with Gasteiger partial charge in [0.1, 0.15) is 0 Å². The van der Waals surface area contributed by atoms with Crippen molar-refractivity contribution in [2.75, 3.05) is 0 Å². The van der Waals surface area contributed by atoms with Gasteiger partial charge in [-0.25, -0.2) is 0 Å². The summed E-state index contributed by atoms with van der Waals surface area (Å²) in [5.74, 6) is -0.550. The smallest absolute Gasteiger partial charge is 0.309 e. The Morgan fingerprint density at radius 2 is 1.43 bits per heavy atom. The van der Waals surface area contributed by atoms with Gasteiger partial charge in [-0.15, -0.1) is 0 Å². The Hall–Kier alpha value is -1.64. The third-order valence-corrected chi connectivity index (χ3v) is 5.42. The highest BCUT2D eigenvalue weighted by Gasteiger charge is 2.30. The van der Waals surface area contributed by atoms with E-state index in [1.54, 1.807) is 0 Å². The molecule has 0 N–H and O–H groups in total. The van der Waals surface area contributed by atoms with Crippen LogP contribution in [0, 0.1) is 32.6 Å². The highest BCUT2D eigenvalue weighted by Crippen LogP contribution is 2.23. The fourth-order valence-corrected chi connectivity index (χ4v) is 3.79. The highest BCUT2D eigenvalue weighted by molar-refractivity contribution is 6.03. The molecule has 0 aliphatic rings. The van der Waals surface area contributed by atoms with Gasteiger partial charge in [-0.1, -0.05) is 83.9 Å². The molecule has 158 valence electrons. The molecule has 0 aliphatic heterocycles. The molecular formula is C25H40O3. The molecule has 0 radical (unpaired) electrons. The molecule has 0 saturated carbocycles. The Morgan fingerprint density at radius 1 is 0.893 bits per heavy atom. The highest BCUT2D eigenvalue weighted by atomic mass is 16.5. The van der Waals surface area contributed by atoms with Gasteiger partial charge in [-0.05, 0) is 44.2 Å². The molecule has 1 aromatic carbocycles. The van der Waals surface area contributed by atoms with E-state index in [-0.39, 0.29) is 23.6 Å². The quantitative estimate of drug-likeness (QED) is 0.226. The summed E-state index contributed by atoms with van der Waals surface area (Å²) in [6.45, 7) is 13.9. The van der Waals surface area contributed by atoms with Crippen LogP contribution >= 0.6 is 0 Å². The number of carbonyl (C=O) groups is 2. The molecule has 0 bridgehead atoms. The summed E-state index contributed by atoms with van der Waals surface area (Å²) in [6.07, 6.45) is 7.33. The van der Waals surface area contributed by atoms with Gasteiger partial charge in [-0.2, -0.15) is 0 Å². The van der Waals surface area contributed by atoms with Crippen LogP contribution in [0.5, 0.6) is 0 Å². The number of ether oxygens (including phenoxy) is 1. The number of unbranched alkanes of at least 4 members (excludes halogenated alkanes) is 5. The van der Waals surface area contributed by atoms with Crippen molar-refractivity contribution in [2.45, 2.75) is 99.5 Å². The van der Waals surface area contributed by atoms with Gasteiger partial charge in [0.25, 0.3) is 0 Å². The third-order valence-electron chi connectivity index (χ3n) is 5.42. The van der Waals surface area contributed by atoms with E-state index in [0.717, 1.165) is 36.0 Å². The monoisotopic (exact) mass is 388 g/mol. The average Bonchev–Trinajstić information content (AvgIpc) is 2.60. The van der Waals surface area contributed by atoms with Crippen molar-refractivity contribution in [3.8, 4) is 0 Å². The second-order valence-corrected chi connectivity index (χ2v) is 8.70. The van der Waals surface area contributed by atoms with E-state index in [0.29, 0.717) is 5.56 Å². The van der Waals surface area contributed by atoms with Crippen LogP contribution in [0.4, 0.5) is 0 Å². The van der Waals surface area contributed by atoms with E-state index in [2.05, 4.69) is 6.92 Å². The number of hydrogen-bond donors (Lipinski definition) is 0. The maximum absolute atomic E-state index is 13.2. The fourth-order valence-electron chi connectivity index (χ4n) is 3.79. The summed E-state index contributed by atoms with van der Waals surface area (Å²) in [7, 11) is 0. The van der Waals surface area contributed by atoms with E-state index >= 15 is 0 Å². The molecule has 0 aromatic heterocycles. The molecule has 0 fully saturated rings. The SMILES string of the molecule is CCCCCCCCC(C)C(=O)OC(C(=O)c1c(C)cc(C)cc1C)C(C)C. The molecular weight excluding hydrogens is 348 g/mol. The number of rotatable bonds is 12. The maximum Gasteiger partial charge on any atom is 0.309 e. The first kappa shape index (κ1) is 24.4. The summed E-state index contributed by atoms with van der Waals surface area (Å²) in [5, 5.41) is 0. The standard InChI is InChI=1S/C25H40O3/c1-8-9-10-11-12-13-14-19(5)25(27)28-24(17(2)3)23(26)22-20(6)15-18(4)16-21(22)7/h15-17,19,24H,8-14H2,1-7H3. The molecule has 3 heteroatoms. The second kappa shape index (κ2) is 12.0. The van der Waals surface area contributed by atoms with Crippen LogP contribution in [-0.2, 0) is 9.53 Å². The molecule has 0 spiro atoms. The van der Waals surface area contributed by atoms with Crippen LogP contribution in [-0.4, -0.2) is 17.9 Å². The lowest BCUT2D eigenvalue weighted by molar-refractivity contribution is -0.153. The second-order valence-electron chi connectivity index (χ2n) is 8.70. The fraction of sp³-hybridized carbons (Fsp3) is 0.680. The molecule has 2 unspecified atom stereocenters. The largest absolute Gasteiger partial charge is 0.453 e. The van der Waals surface area contributed by atoms with Crippen molar-refractivity contribution < 1.29 is 14.3 Å². The topological polar surface area (TPSA) is 43.4 Å². The zero-order chi connectivity index (χ0) is 21.3. The van der Waals surface area contributed by atoms with E-state index in [9.17, 15) is 9.59 Å². The molecule has 0 heterocycles. The van der Waals surface area contributed by atoms with Gasteiger partial charge in [-0.3, -0.25) is 9.59 Å². The Balaban J connectivity index is 2.71. The maximum atomic E-state index is 13.2. The van der Waals surface area contributed by atoms with Crippen LogP contribution in [0.25, 0.3) is 0 Å². The molecule has 0 aliphatic carbocycles. The zero-order valence-electron chi connectivity index (χ0n) is 19.1. The molecule has 28 heavy (non-hydrogen) atoms. The number of Topliss-reactive ketones (excluding diaryl/α,β-unsaturated/α-hetero) is 1. The number of aryl methyl sites for hydroxylation is 3. The van der Waals surface area contributed by atoms with E-state index in [4.69, 9.17) is 4.74 Å². The number of hydrogen-bond acceptors (Lipinski definition) is 3. The minimum Gasteiger partial charge on any atom is -0.453 e. The molecule has 2 atom stereocenters. The molecule has 3 nitrogen and oxygen atoms in total. The minimum atomic E-state index is -0.723. The molecule has 1 aromatic rings. The van der Waals surface area contributed by atoms with Crippen LogP contribution in [0.15, 0.2) is 12.1 Å². The summed E-state index contributed by atoms with van der Waals surface area (Å²) in [6, 6.07) is 4.03. The first-order valence-electron chi connectivity index (χ1n) is 11.0. The summed E-state index contributed by atoms with van der Waals surface area (Å²) in [4.78, 5) is 25.8. The van der Waals surface area contributed by atoms with E-state index in [1.165, 1.54) is 25.7 Å². The summed E-state index contributed by atoms with van der Waals surface area (Å²) >= 11 is 0. The third kappa shape index (κ3) is 7.41. The van der Waals surface area contributed by atoms with Crippen LogP contribution < -0.4 is 0 Å². The van der Waals surface area contributed by atoms with Crippen molar-refractivity contribution in [3.05, 3.63) is 34.4 Å². The van der Waals surface area contributed by atoms with Crippen molar-refractivity contribution >= 4 is 11.8 Å². The lowest BCUT2D eigenvalue weighted by Gasteiger charge is -2.24. The predicted octanol–water partition coefficient (Wildman–Crippen LogP) is 6.75. The molecule has 1 rings (SSSR count). The predicted molar refractivity (Wildman–Crippen MR) is 117 cm³/mol. The summed E-state index contributed by atoms with van der Waals surface area (Å²) in [5.41, 5.74) is 3.73. The Morgan fingerprint density at radius 3 is 1.96 bits per heavy atom. The van der Waals surface area contributed by atoms with E-state index in [1.807, 2.05) is 53.7 Å². The first-order chi connectivity index (χ1) is 13.2. The Kier molecular flexibility index (Phi) is 10.5. The number of benzene rings is 1. The van der Waals surface area contributed by atoms with Gasteiger partial charge in [0.2, 0.25) is 5.78 Å². The number of carbonyl (C=O) groups excluding carboxylic acids is 2. The Labute approximate surface area is 172 Å². The van der Waals surface area contributed by atoms with Gasteiger partial charge < -0.3 is 4.74 Å². The Bertz CT molecular complexity index is 622. The van der Waals surface area contributed by atoms with Crippen LogP contribution in [0.2, 0.25) is 0 Å². The number of esters is 1. The molecule has 0 saturated heterocycles. The lowest BCUT2D eigenvalue weighted by atomic mass is 9.90. The van der Waals surface area contributed by atoms with Gasteiger partial charge in [0, 0.05) is 5.56 Å². The lowest BCUT2D eigenvalue weighted by Crippen LogP contribution is -2.35. The normalized spacial score (nSPS) is 13.4. The van der Waals surface area contributed by atoms with Gasteiger partial charge >= 0.3 is 5.97 Å². The number of ketones is 1. The minimum absolute atomic E-state index is 0.0576. The first-order valence-corrected chi connectivity index (χ1v) is 11.0. The average molecular weight is 389 g/mol. The van der Waals surface area contributed by atoms with Crippen LogP contribution in [0.3, 0.4) is 0 Å².